The van der Waals surface area contributed by atoms with E-state index in [2.05, 4.69) is 56.6 Å². The molecule has 0 radical (unpaired) electrons. The van der Waals surface area contributed by atoms with Crippen molar-refractivity contribution < 1.29 is 33.3 Å². The van der Waals surface area contributed by atoms with Crippen molar-refractivity contribution in [1.29, 1.82) is 0 Å². The number of allylic oxidation sites excluding steroid dienone is 5. The third-order valence-corrected chi connectivity index (χ3v) is 8.55. The molecule has 1 rings (SSSR count). The van der Waals surface area contributed by atoms with Crippen LogP contribution < -0.4 is 0 Å². The van der Waals surface area contributed by atoms with Crippen molar-refractivity contribution in [2.75, 3.05) is 39.5 Å². The topological polar surface area (TPSA) is 91.4 Å². The number of nitrogens with zero attached hydrogens (tertiary/aromatic N) is 1. The van der Waals surface area contributed by atoms with Gasteiger partial charge in [-0.1, -0.05) is 83.3 Å². The fourth-order valence-electron chi connectivity index (χ4n) is 5.54. The number of esters is 2. The average molecular weight is 662 g/mol. The molecule has 47 heavy (non-hydrogen) atoms. The van der Waals surface area contributed by atoms with E-state index in [1.54, 1.807) is 0 Å². The lowest BCUT2D eigenvalue weighted by atomic mass is 10.0. The van der Waals surface area contributed by atoms with Gasteiger partial charge in [-0.25, -0.2) is 4.79 Å². The second-order valence-corrected chi connectivity index (χ2v) is 13.1. The monoisotopic (exact) mass is 661 g/mol. The van der Waals surface area contributed by atoms with Crippen molar-refractivity contribution in [2.45, 2.75) is 142 Å². The van der Waals surface area contributed by atoms with E-state index in [1.807, 2.05) is 6.08 Å². The zero-order valence-corrected chi connectivity index (χ0v) is 30.1. The molecule has 0 aromatic heterocycles. The summed E-state index contributed by atoms with van der Waals surface area (Å²) in [5.74, 6) is -0.576. The van der Waals surface area contributed by atoms with Gasteiger partial charge >= 0.3 is 18.1 Å². The molecule has 0 N–H and O–H groups in total. The zero-order valence-electron chi connectivity index (χ0n) is 30.1. The Morgan fingerprint density at radius 1 is 0.809 bits per heavy atom. The molecule has 1 saturated heterocycles. The third kappa shape index (κ3) is 25.1. The molecular weight excluding hydrogens is 594 g/mol. The quantitative estimate of drug-likeness (QED) is 0.0354. The molecule has 1 aliphatic rings. The van der Waals surface area contributed by atoms with Gasteiger partial charge in [-0.05, 0) is 89.6 Å². The van der Waals surface area contributed by atoms with Gasteiger partial charge in [-0.15, -0.1) is 6.58 Å². The van der Waals surface area contributed by atoms with Crippen molar-refractivity contribution in [1.82, 2.24) is 4.90 Å². The van der Waals surface area contributed by atoms with Crippen LogP contribution in [0.25, 0.3) is 0 Å². The fraction of sp³-hybridized carbons (Fsp3) is 0.769. The summed E-state index contributed by atoms with van der Waals surface area (Å²) in [5, 5.41) is 0. The Labute approximate surface area is 286 Å². The van der Waals surface area contributed by atoms with Crippen LogP contribution in [0.5, 0.6) is 0 Å². The Bertz CT molecular complexity index is 887. The lowest BCUT2D eigenvalue weighted by molar-refractivity contribution is -0.150. The molecule has 3 unspecified atom stereocenters. The van der Waals surface area contributed by atoms with Gasteiger partial charge in [0, 0.05) is 19.4 Å². The maximum atomic E-state index is 12.4. The normalized spacial score (nSPS) is 16.6. The van der Waals surface area contributed by atoms with Crippen LogP contribution in [0.4, 0.5) is 4.79 Å². The SMILES string of the molecule is C=CCC(C)CCCC(=O)OCC(COC(=O)CCCCCCC/C=C\C/C=C\CCCCC)COC(=O)OC1CCCN(CC)C1. The first-order valence-corrected chi connectivity index (χ1v) is 18.7. The third-order valence-electron chi connectivity index (χ3n) is 8.55. The minimum atomic E-state index is -0.739. The van der Waals surface area contributed by atoms with Crippen LogP contribution in [-0.4, -0.2) is 68.6 Å². The summed E-state index contributed by atoms with van der Waals surface area (Å²) in [7, 11) is 0. The highest BCUT2D eigenvalue weighted by Gasteiger charge is 2.24. The van der Waals surface area contributed by atoms with Crippen LogP contribution in [0, 0.1) is 11.8 Å². The smallest absolute Gasteiger partial charge is 0.465 e. The number of carbonyl (C=O) groups is 3. The maximum Gasteiger partial charge on any atom is 0.508 e. The predicted molar refractivity (Wildman–Crippen MR) is 190 cm³/mol. The number of piperidine rings is 1. The van der Waals surface area contributed by atoms with E-state index in [4.69, 9.17) is 18.9 Å². The van der Waals surface area contributed by atoms with Crippen LogP contribution >= 0.6 is 0 Å². The number of unbranched alkanes of at least 4 members (excludes halogenated alkanes) is 8. The van der Waals surface area contributed by atoms with E-state index in [1.165, 1.54) is 25.7 Å². The summed E-state index contributed by atoms with van der Waals surface area (Å²) >= 11 is 0. The molecule has 3 atom stereocenters. The van der Waals surface area contributed by atoms with Gasteiger partial charge in [-0.2, -0.15) is 0 Å². The van der Waals surface area contributed by atoms with Crippen molar-refractivity contribution in [2.24, 2.45) is 11.8 Å². The minimum Gasteiger partial charge on any atom is -0.465 e. The summed E-state index contributed by atoms with van der Waals surface area (Å²) in [6.45, 7) is 12.8. The van der Waals surface area contributed by atoms with Crippen LogP contribution in [0.2, 0.25) is 0 Å². The van der Waals surface area contributed by atoms with E-state index < -0.39 is 12.1 Å². The predicted octanol–water partition coefficient (Wildman–Crippen LogP) is 9.52. The molecule has 0 saturated carbocycles. The second kappa shape index (κ2) is 29.5. The molecule has 1 heterocycles. The number of hydrogen-bond donors (Lipinski definition) is 0. The molecule has 270 valence electrons. The highest BCUT2D eigenvalue weighted by Crippen LogP contribution is 2.16. The Balaban J connectivity index is 2.33. The number of likely N-dealkylation sites (N-methyl/N-ethyl adjacent to an activating group) is 1. The minimum absolute atomic E-state index is 0.0122. The number of hydrogen-bond acceptors (Lipinski definition) is 8. The van der Waals surface area contributed by atoms with Gasteiger partial charge in [0.15, 0.2) is 0 Å². The number of rotatable bonds is 28. The Kier molecular flexibility index (Phi) is 26.6. The molecule has 0 bridgehead atoms. The number of ether oxygens (including phenoxy) is 4. The van der Waals surface area contributed by atoms with E-state index in [-0.39, 0.29) is 37.9 Å². The van der Waals surface area contributed by atoms with Gasteiger partial charge < -0.3 is 18.9 Å². The first-order valence-electron chi connectivity index (χ1n) is 18.7. The van der Waals surface area contributed by atoms with Gasteiger partial charge in [-0.3, -0.25) is 14.5 Å². The highest BCUT2D eigenvalue weighted by molar-refractivity contribution is 5.69. The first kappa shape index (κ1) is 42.4. The first-order chi connectivity index (χ1) is 22.9. The highest BCUT2D eigenvalue weighted by atomic mass is 16.7. The molecule has 0 aromatic carbocycles. The molecular formula is C39H67NO7. The second-order valence-electron chi connectivity index (χ2n) is 13.1. The molecule has 0 spiro atoms. The zero-order chi connectivity index (χ0) is 34.4. The molecule has 0 amide bonds. The Morgan fingerprint density at radius 3 is 2.09 bits per heavy atom. The molecule has 0 aliphatic carbocycles. The molecule has 1 aliphatic heterocycles. The summed E-state index contributed by atoms with van der Waals surface area (Å²) in [5.41, 5.74) is 0. The number of carbonyl (C=O) groups excluding carboxylic acids is 3. The van der Waals surface area contributed by atoms with Gasteiger partial charge in [0.25, 0.3) is 0 Å². The van der Waals surface area contributed by atoms with E-state index in [0.717, 1.165) is 90.1 Å². The molecule has 0 aromatic rings. The molecule has 1 fully saturated rings. The largest absolute Gasteiger partial charge is 0.508 e. The van der Waals surface area contributed by atoms with E-state index >= 15 is 0 Å². The standard InChI is InChI=1S/C39H67NO7/c1-5-8-9-10-11-12-13-14-15-16-17-18-19-20-21-27-37(41)44-31-35(32-45-38(42)28-22-25-34(4)24-6-2)33-46-39(43)47-36-26-23-29-40(7-3)30-36/h6,11-12,14-15,34-36H,2,5,7-10,13,16-33H2,1,3-4H3/b12-11-,15-14-. The molecule has 8 heteroatoms. The lowest BCUT2D eigenvalue weighted by Crippen LogP contribution is -2.40. The Morgan fingerprint density at radius 2 is 1.43 bits per heavy atom. The lowest BCUT2D eigenvalue weighted by Gasteiger charge is -2.31. The van der Waals surface area contributed by atoms with Gasteiger partial charge in [0.1, 0.15) is 25.9 Å². The van der Waals surface area contributed by atoms with Gasteiger partial charge in [0.05, 0.1) is 5.92 Å². The fourth-order valence-corrected chi connectivity index (χ4v) is 5.54. The van der Waals surface area contributed by atoms with Crippen LogP contribution in [0.3, 0.4) is 0 Å². The summed E-state index contributed by atoms with van der Waals surface area (Å²) in [6.07, 6.45) is 27.4. The van der Waals surface area contributed by atoms with Crippen LogP contribution in [0.1, 0.15) is 136 Å². The van der Waals surface area contributed by atoms with Crippen molar-refractivity contribution in [3.8, 4) is 0 Å². The summed E-state index contributed by atoms with van der Waals surface area (Å²) < 4.78 is 21.9. The maximum absolute atomic E-state index is 12.4. The number of likely N-dealkylation sites (tertiary alicyclic amines) is 1. The van der Waals surface area contributed by atoms with E-state index in [0.29, 0.717) is 25.3 Å². The summed E-state index contributed by atoms with van der Waals surface area (Å²) in [6, 6.07) is 0. The van der Waals surface area contributed by atoms with Gasteiger partial charge in [0.2, 0.25) is 0 Å². The van der Waals surface area contributed by atoms with Crippen molar-refractivity contribution in [3.05, 3.63) is 37.0 Å². The average Bonchev–Trinajstić information content (AvgIpc) is 3.06. The van der Waals surface area contributed by atoms with Crippen LogP contribution in [0.15, 0.2) is 37.0 Å². The van der Waals surface area contributed by atoms with Crippen molar-refractivity contribution >= 4 is 18.1 Å². The van der Waals surface area contributed by atoms with Crippen molar-refractivity contribution in [3.63, 3.8) is 0 Å². The van der Waals surface area contributed by atoms with E-state index in [9.17, 15) is 14.4 Å². The van der Waals surface area contributed by atoms with Crippen LogP contribution in [-0.2, 0) is 28.5 Å². The molecule has 8 nitrogen and oxygen atoms in total. The Hall–Kier alpha value is -2.61. The summed E-state index contributed by atoms with van der Waals surface area (Å²) in [4.78, 5) is 39.5.